The highest BCUT2D eigenvalue weighted by Gasteiger charge is 2.24. The normalized spacial score (nSPS) is 12.2. The Morgan fingerprint density at radius 1 is 0.944 bits per heavy atom. The summed E-state index contributed by atoms with van der Waals surface area (Å²) in [5.74, 6) is -1.79. The lowest BCUT2D eigenvalue weighted by atomic mass is 10.0. The van der Waals surface area contributed by atoms with Crippen molar-refractivity contribution in [2.45, 2.75) is 39.7 Å². The van der Waals surface area contributed by atoms with Gasteiger partial charge in [-0.15, -0.1) is 0 Å². The Labute approximate surface area is 213 Å². The SMILES string of the molecule is CC(C)c1ccc2nc(Nc3ccc(-c4ccc(C(=O)N[C@H](C(=O)O)C(C)C)cc4)cc3F)sc2c1. The van der Waals surface area contributed by atoms with Crippen LogP contribution in [0, 0.1) is 11.7 Å². The zero-order valence-electron chi connectivity index (χ0n) is 20.5. The van der Waals surface area contributed by atoms with Crippen LogP contribution in [0.1, 0.15) is 49.5 Å². The first kappa shape index (κ1) is 25.3. The van der Waals surface area contributed by atoms with Gasteiger partial charge in [0.15, 0.2) is 5.13 Å². The van der Waals surface area contributed by atoms with E-state index in [1.54, 1.807) is 50.2 Å². The number of anilines is 2. The predicted octanol–water partition coefficient (Wildman–Crippen LogP) is 6.81. The number of aliphatic carboxylic acids is 1. The number of aromatic nitrogens is 1. The summed E-state index contributed by atoms with van der Waals surface area (Å²) in [6.45, 7) is 7.74. The fourth-order valence-corrected chi connectivity index (χ4v) is 4.74. The van der Waals surface area contributed by atoms with Crippen LogP contribution in [0.5, 0.6) is 0 Å². The molecule has 4 aromatic rings. The Morgan fingerprint density at radius 3 is 2.25 bits per heavy atom. The van der Waals surface area contributed by atoms with Crippen molar-refractivity contribution in [3.05, 3.63) is 77.6 Å². The molecule has 1 amide bonds. The van der Waals surface area contributed by atoms with Crippen molar-refractivity contribution in [2.75, 3.05) is 5.32 Å². The third-order valence-corrected chi connectivity index (χ3v) is 6.92. The quantitative estimate of drug-likeness (QED) is 0.245. The molecule has 186 valence electrons. The summed E-state index contributed by atoms with van der Waals surface area (Å²) in [7, 11) is 0. The van der Waals surface area contributed by atoms with Gasteiger partial charge in [-0.1, -0.05) is 63.3 Å². The van der Waals surface area contributed by atoms with Crippen LogP contribution in [0.25, 0.3) is 21.3 Å². The number of carboxylic acids is 1. The van der Waals surface area contributed by atoms with E-state index in [4.69, 9.17) is 0 Å². The largest absolute Gasteiger partial charge is 0.480 e. The number of thiazole rings is 1. The van der Waals surface area contributed by atoms with E-state index >= 15 is 0 Å². The van der Waals surface area contributed by atoms with Crippen molar-refractivity contribution in [2.24, 2.45) is 5.92 Å². The van der Waals surface area contributed by atoms with Gasteiger partial charge in [-0.3, -0.25) is 4.79 Å². The van der Waals surface area contributed by atoms with Crippen LogP contribution >= 0.6 is 11.3 Å². The molecule has 1 atom stereocenters. The highest BCUT2D eigenvalue weighted by molar-refractivity contribution is 7.22. The number of hydrogen-bond acceptors (Lipinski definition) is 5. The lowest BCUT2D eigenvalue weighted by Crippen LogP contribution is -2.44. The van der Waals surface area contributed by atoms with Gasteiger partial charge in [0.25, 0.3) is 5.91 Å². The maximum atomic E-state index is 14.9. The summed E-state index contributed by atoms with van der Waals surface area (Å²) < 4.78 is 16.0. The van der Waals surface area contributed by atoms with Crippen molar-refractivity contribution in [3.63, 3.8) is 0 Å². The van der Waals surface area contributed by atoms with E-state index in [2.05, 4.69) is 41.6 Å². The molecule has 0 fully saturated rings. The molecule has 0 unspecified atom stereocenters. The van der Waals surface area contributed by atoms with Crippen LogP contribution in [0.2, 0.25) is 0 Å². The van der Waals surface area contributed by atoms with E-state index in [9.17, 15) is 19.1 Å². The second kappa shape index (κ2) is 10.5. The van der Waals surface area contributed by atoms with Gasteiger partial charge in [0.05, 0.1) is 15.9 Å². The molecule has 0 saturated carbocycles. The first-order valence-electron chi connectivity index (χ1n) is 11.7. The van der Waals surface area contributed by atoms with Crippen molar-refractivity contribution < 1.29 is 19.1 Å². The number of fused-ring (bicyclic) bond motifs is 1. The lowest BCUT2D eigenvalue weighted by Gasteiger charge is -2.18. The van der Waals surface area contributed by atoms with E-state index in [1.165, 1.54) is 23.0 Å². The molecule has 0 bridgehead atoms. The summed E-state index contributed by atoms with van der Waals surface area (Å²) in [4.78, 5) is 28.4. The number of nitrogens with one attached hydrogen (secondary N) is 2. The molecule has 1 heterocycles. The molecule has 0 spiro atoms. The maximum Gasteiger partial charge on any atom is 0.326 e. The van der Waals surface area contributed by atoms with Crippen molar-refractivity contribution in [1.29, 1.82) is 0 Å². The number of carbonyl (C=O) groups excluding carboxylic acids is 1. The van der Waals surface area contributed by atoms with Crippen molar-refractivity contribution in [3.8, 4) is 11.1 Å². The topological polar surface area (TPSA) is 91.3 Å². The van der Waals surface area contributed by atoms with Gasteiger partial charge in [-0.05, 0) is 64.9 Å². The van der Waals surface area contributed by atoms with E-state index in [0.717, 1.165) is 15.8 Å². The highest BCUT2D eigenvalue weighted by Crippen LogP contribution is 2.32. The zero-order valence-corrected chi connectivity index (χ0v) is 21.3. The molecule has 6 nitrogen and oxygen atoms in total. The second-order valence-corrected chi connectivity index (χ2v) is 10.4. The number of hydrogen-bond donors (Lipinski definition) is 3. The second-order valence-electron chi connectivity index (χ2n) is 9.33. The lowest BCUT2D eigenvalue weighted by molar-refractivity contribution is -0.140. The Morgan fingerprint density at radius 2 is 1.64 bits per heavy atom. The van der Waals surface area contributed by atoms with Crippen LogP contribution in [0.15, 0.2) is 60.7 Å². The van der Waals surface area contributed by atoms with Crippen LogP contribution in [0.3, 0.4) is 0 Å². The van der Waals surface area contributed by atoms with Crippen LogP contribution in [0.4, 0.5) is 15.2 Å². The number of carbonyl (C=O) groups is 2. The molecule has 3 N–H and O–H groups in total. The molecule has 0 aliphatic heterocycles. The number of benzene rings is 3. The Hall–Kier alpha value is -3.78. The van der Waals surface area contributed by atoms with Crippen LogP contribution in [-0.4, -0.2) is 28.0 Å². The molecule has 36 heavy (non-hydrogen) atoms. The molecule has 0 radical (unpaired) electrons. The summed E-state index contributed by atoms with van der Waals surface area (Å²) >= 11 is 1.48. The Bertz CT molecular complexity index is 1410. The summed E-state index contributed by atoms with van der Waals surface area (Å²) in [6.07, 6.45) is 0. The fraction of sp³-hybridized carbons (Fsp3) is 0.250. The van der Waals surface area contributed by atoms with Crippen LogP contribution in [-0.2, 0) is 4.79 Å². The first-order valence-corrected chi connectivity index (χ1v) is 12.5. The molecule has 8 heteroatoms. The minimum Gasteiger partial charge on any atom is -0.480 e. The van der Waals surface area contributed by atoms with Gasteiger partial charge < -0.3 is 15.7 Å². The molecule has 0 aliphatic carbocycles. The van der Waals surface area contributed by atoms with Crippen molar-refractivity contribution in [1.82, 2.24) is 10.3 Å². The minimum atomic E-state index is -1.08. The molecule has 0 saturated heterocycles. The summed E-state index contributed by atoms with van der Waals surface area (Å²) in [6, 6.07) is 16.7. The molecule has 3 aromatic carbocycles. The van der Waals surface area contributed by atoms with Gasteiger partial charge in [-0.2, -0.15) is 0 Å². The van der Waals surface area contributed by atoms with Gasteiger partial charge in [-0.25, -0.2) is 14.2 Å². The fourth-order valence-electron chi connectivity index (χ4n) is 3.82. The molecule has 1 aromatic heterocycles. The van der Waals surface area contributed by atoms with Gasteiger partial charge >= 0.3 is 5.97 Å². The maximum absolute atomic E-state index is 14.9. The molecular weight excluding hydrogens is 477 g/mol. The molecule has 4 rings (SSSR count). The number of amides is 1. The molecular formula is C28H28FN3O3S. The number of rotatable bonds is 8. The Kier molecular flexibility index (Phi) is 7.35. The standard InChI is InChI=1S/C28H28FN3O3S/c1-15(2)19-9-12-23-24(14-19)36-28(31-23)30-22-11-10-20(13-21(22)29)17-5-7-18(8-6-17)26(33)32-25(16(3)4)27(34)35/h5-16,25H,1-4H3,(H,30,31)(H,32,33)(H,34,35)/t25-/m0/s1. The minimum absolute atomic E-state index is 0.249. The van der Waals surface area contributed by atoms with E-state index in [-0.39, 0.29) is 5.92 Å². The summed E-state index contributed by atoms with van der Waals surface area (Å²) in [5.41, 5.74) is 4.15. The summed E-state index contributed by atoms with van der Waals surface area (Å²) in [5, 5.41) is 15.5. The predicted molar refractivity (Wildman–Crippen MR) is 143 cm³/mol. The monoisotopic (exact) mass is 505 g/mol. The van der Waals surface area contributed by atoms with E-state index < -0.39 is 23.7 Å². The number of halogens is 1. The van der Waals surface area contributed by atoms with E-state index in [1.807, 2.05) is 6.07 Å². The first-order chi connectivity index (χ1) is 17.1. The van der Waals surface area contributed by atoms with Gasteiger partial charge in [0.1, 0.15) is 11.9 Å². The van der Waals surface area contributed by atoms with Crippen LogP contribution < -0.4 is 10.6 Å². The third kappa shape index (κ3) is 5.54. The smallest absolute Gasteiger partial charge is 0.326 e. The van der Waals surface area contributed by atoms with E-state index in [0.29, 0.717) is 27.9 Å². The zero-order chi connectivity index (χ0) is 26.0. The Balaban J connectivity index is 1.48. The number of carboxylic acid groups (broad SMARTS) is 1. The average Bonchev–Trinajstić information content (AvgIpc) is 3.25. The van der Waals surface area contributed by atoms with Gasteiger partial charge in [0.2, 0.25) is 0 Å². The van der Waals surface area contributed by atoms with Crippen molar-refractivity contribution >= 4 is 44.2 Å². The average molecular weight is 506 g/mol. The third-order valence-electron chi connectivity index (χ3n) is 5.99. The van der Waals surface area contributed by atoms with Gasteiger partial charge in [0, 0.05) is 5.56 Å². The number of nitrogens with zero attached hydrogens (tertiary/aromatic N) is 1. The molecule has 0 aliphatic rings. The highest BCUT2D eigenvalue weighted by atomic mass is 32.1.